The molecule has 1 N–H and O–H groups in total. The van der Waals surface area contributed by atoms with Crippen LogP contribution in [0.15, 0.2) is 0 Å². The first kappa shape index (κ1) is 14.8. The average molecular weight is 265 g/mol. The van der Waals surface area contributed by atoms with E-state index >= 15 is 0 Å². The molecule has 0 aromatic heterocycles. The Labute approximate surface area is 117 Å². The molecule has 108 valence electrons. The first-order valence-electron chi connectivity index (χ1n) is 7.89. The minimum Gasteiger partial charge on any atom is -0.391 e. The molecule has 0 aromatic carbocycles. The number of ether oxygens (including phenoxy) is 1. The van der Waals surface area contributed by atoms with Crippen molar-refractivity contribution in [3.05, 3.63) is 0 Å². The maximum Gasteiger partial charge on any atom is 0.0836 e. The van der Waals surface area contributed by atoms with Gasteiger partial charge in [0.2, 0.25) is 0 Å². The van der Waals surface area contributed by atoms with Crippen molar-refractivity contribution >= 4 is 0 Å². The summed E-state index contributed by atoms with van der Waals surface area (Å²) in [5, 5.41) is 20.3. The lowest BCUT2D eigenvalue weighted by molar-refractivity contribution is -0.0665. The number of rotatable bonds is 4. The molecule has 2 fully saturated rings. The molecule has 1 aliphatic carbocycles. The summed E-state index contributed by atoms with van der Waals surface area (Å²) in [4.78, 5) is 0. The van der Waals surface area contributed by atoms with Gasteiger partial charge in [0.05, 0.1) is 24.2 Å². The van der Waals surface area contributed by atoms with Crippen LogP contribution in [-0.2, 0) is 4.74 Å². The van der Waals surface area contributed by atoms with Crippen molar-refractivity contribution in [2.24, 2.45) is 17.3 Å². The summed E-state index contributed by atoms with van der Waals surface area (Å²) in [5.41, 5.74) is -0.504. The summed E-state index contributed by atoms with van der Waals surface area (Å²) in [6, 6.07) is 2.47. The van der Waals surface area contributed by atoms with Crippen LogP contribution in [0.3, 0.4) is 0 Å². The second-order valence-electron chi connectivity index (χ2n) is 6.42. The Morgan fingerprint density at radius 2 is 2.11 bits per heavy atom. The van der Waals surface area contributed by atoms with Crippen molar-refractivity contribution in [3.8, 4) is 6.07 Å². The van der Waals surface area contributed by atoms with E-state index in [1.807, 2.05) is 0 Å². The Morgan fingerprint density at radius 3 is 2.63 bits per heavy atom. The van der Waals surface area contributed by atoms with Gasteiger partial charge in [-0.25, -0.2) is 0 Å². The lowest BCUT2D eigenvalue weighted by Gasteiger charge is -2.42. The van der Waals surface area contributed by atoms with Crippen LogP contribution in [0.2, 0.25) is 0 Å². The summed E-state index contributed by atoms with van der Waals surface area (Å²) in [5.74, 6) is 0.928. The van der Waals surface area contributed by atoms with E-state index < -0.39 is 11.5 Å². The smallest absolute Gasteiger partial charge is 0.0836 e. The SMILES string of the molecule is CCCC1CCC(C#N)(C(O)C2CCCOC2)CC1. The lowest BCUT2D eigenvalue weighted by Crippen LogP contribution is -2.44. The van der Waals surface area contributed by atoms with Gasteiger partial charge < -0.3 is 9.84 Å². The third-order valence-electron chi connectivity index (χ3n) is 5.13. The van der Waals surface area contributed by atoms with Crippen molar-refractivity contribution < 1.29 is 9.84 Å². The molecule has 0 aromatic rings. The predicted molar refractivity (Wildman–Crippen MR) is 74.5 cm³/mol. The molecule has 0 spiro atoms. The van der Waals surface area contributed by atoms with Gasteiger partial charge in [-0.2, -0.15) is 5.26 Å². The standard InChI is InChI=1S/C16H27NO2/c1-2-4-13-6-8-16(12-17,9-7-13)15(18)14-5-3-10-19-11-14/h13-15,18H,2-11H2,1H3. The van der Waals surface area contributed by atoms with E-state index in [2.05, 4.69) is 13.0 Å². The average Bonchev–Trinajstić information content (AvgIpc) is 2.49. The summed E-state index contributed by atoms with van der Waals surface area (Å²) in [7, 11) is 0. The molecule has 3 heteroatoms. The van der Waals surface area contributed by atoms with E-state index in [1.54, 1.807) is 0 Å². The van der Waals surface area contributed by atoms with Crippen LogP contribution in [0.25, 0.3) is 0 Å². The van der Waals surface area contributed by atoms with Crippen LogP contribution in [-0.4, -0.2) is 24.4 Å². The van der Waals surface area contributed by atoms with Gasteiger partial charge in [0.15, 0.2) is 0 Å². The van der Waals surface area contributed by atoms with Crippen LogP contribution >= 0.6 is 0 Å². The first-order chi connectivity index (χ1) is 9.22. The van der Waals surface area contributed by atoms with Gasteiger partial charge in [0.1, 0.15) is 0 Å². The fraction of sp³-hybridized carbons (Fsp3) is 0.938. The second-order valence-corrected chi connectivity index (χ2v) is 6.42. The second kappa shape index (κ2) is 6.72. The fourth-order valence-electron chi connectivity index (χ4n) is 3.83. The van der Waals surface area contributed by atoms with Gasteiger partial charge >= 0.3 is 0 Å². The molecule has 0 amide bonds. The number of hydrogen-bond donors (Lipinski definition) is 1. The van der Waals surface area contributed by atoms with Crippen molar-refractivity contribution in [3.63, 3.8) is 0 Å². The van der Waals surface area contributed by atoms with Crippen LogP contribution < -0.4 is 0 Å². The van der Waals surface area contributed by atoms with Crippen LogP contribution in [0.1, 0.15) is 58.3 Å². The van der Waals surface area contributed by atoms with Crippen molar-refractivity contribution in [2.45, 2.75) is 64.4 Å². The van der Waals surface area contributed by atoms with E-state index in [9.17, 15) is 10.4 Å². The zero-order chi connectivity index (χ0) is 13.7. The van der Waals surface area contributed by atoms with Gasteiger partial charge in [0, 0.05) is 12.5 Å². The summed E-state index contributed by atoms with van der Waals surface area (Å²) < 4.78 is 5.47. The van der Waals surface area contributed by atoms with Gasteiger partial charge in [-0.15, -0.1) is 0 Å². The number of aliphatic hydroxyl groups is 1. The van der Waals surface area contributed by atoms with Crippen LogP contribution in [0, 0.1) is 28.6 Å². The normalized spacial score (nSPS) is 37.5. The Bertz CT molecular complexity index is 309. The van der Waals surface area contributed by atoms with Gasteiger partial charge in [-0.1, -0.05) is 19.8 Å². The van der Waals surface area contributed by atoms with E-state index in [-0.39, 0.29) is 5.92 Å². The highest BCUT2D eigenvalue weighted by molar-refractivity contribution is 5.07. The quantitative estimate of drug-likeness (QED) is 0.848. The maximum absolute atomic E-state index is 10.7. The Kier molecular flexibility index (Phi) is 5.24. The molecule has 0 radical (unpaired) electrons. The topological polar surface area (TPSA) is 53.2 Å². The Balaban J connectivity index is 1.97. The predicted octanol–water partition coefficient (Wildman–Crippen LogP) is 3.27. The van der Waals surface area contributed by atoms with Crippen molar-refractivity contribution in [2.75, 3.05) is 13.2 Å². The highest BCUT2D eigenvalue weighted by atomic mass is 16.5. The van der Waals surface area contributed by atoms with Gasteiger partial charge in [-0.3, -0.25) is 0 Å². The summed E-state index contributed by atoms with van der Waals surface area (Å²) >= 11 is 0. The molecule has 1 heterocycles. The zero-order valence-electron chi connectivity index (χ0n) is 12.1. The summed E-state index contributed by atoms with van der Waals surface area (Å²) in [6.07, 6.45) is 7.95. The molecule has 1 aliphatic heterocycles. The number of nitriles is 1. The van der Waals surface area contributed by atoms with Crippen LogP contribution in [0.5, 0.6) is 0 Å². The fourth-order valence-corrected chi connectivity index (χ4v) is 3.83. The molecule has 2 aliphatic rings. The minimum absolute atomic E-state index is 0.163. The molecule has 2 atom stereocenters. The molecule has 1 saturated carbocycles. The van der Waals surface area contributed by atoms with E-state index in [0.29, 0.717) is 6.61 Å². The van der Waals surface area contributed by atoms with E-state index in [0.717, 1.165) is 51.0 Å². The molecule has 2 unspecified atom stereocenters. The highest BCUT2D eigenvalue weighted by Crippen LogP contribution is 2.45. The van der Waals surface area contributed by atoms with E-state index in [1.165, 1.54) is 12.8 Å². The first-order valence-corrected chi connectivity index (χ1v) is 7.89. The maximum atomic E-state index is 10.7. The molecule has 3 nitrogen and oxygen atoms in total. The number of nitrogens with zero attached hydrogens (tertiary/aromatic N) is 1. The number of hydrogen-bond acceptors (Lipinski definition) is 3. The Hall–Kier alpha value is -0.590. The molecular formula is C16H27NO2. The Morgan fingerprint density at radius 1 is 1.37 bits per heavy atom. The largest absolute Gasteiger partial charge is 0.391 e. The monoisotopic (exact) mass is 265 g/mol. The molecular weight excluding hydrogens is 238 g/mol. The minimum atomic E-state index is -0.504. The van der Waals surface area contributed by atoms with Crippen molar-refractivity contribution in [1.29, 1.82) is 5.26 Å². The van der Waals surface area contributed by atoms with E-state index in [4.69, 9.17) is 4.74 Å². The molecule has 2 rings (SSSR count). The van der Waals surface area contributed by atoms with Gasteiger partial charge in [0.25, 0.3) is 0 Å². The molecule has 1 saturated heterocycles. The molecule has 0 bridgehead atoms. The lowest BCUT2D eigenvalue weighted by atomic mass is 9.64. The van der Waals surface area contributed by atoms with Gasteiger partial charge in [-0.05, 0) is 44.4 Å². The third kappa shape index (κ3) is 3.30. The van der Waals surface area contributed by atoms with Crippen LogP contribution in [0.4, 0.5) is 0 Å². The summed E-state index contributed by atoms with van der Waals surface area (Å²) in [6.45, 7) is 3.66. The highest BCUT2D eigenvalue weighted by Gasteiger charge is 2.45. The van der Waals surface area contributed by atoms with Crippen molar-refractivity contribution in [1.82, 2.24) is 0 Å². The molecule has 19 heavy (non-hydrogen) atoms. The third-order valence-corrected chi connectivity index (χ3v) is 5.13. The zero-order valence-corrected chi connectivity index (χ0v) is 12.1. The number of aliphatic hydroxyl groups excluding tert-OH is 1.